The molecule has 0 saturated heterocycles. The molecule has 0 amide bonds. The van der Waals surface area contributed by atoms with Crippen molar-refractivity contribution in [3.05, 3.63) is 132 Å². The van der Waals surface area contributed by atoms with Crippen LogP contribution >= 0.6 is 0 Å². The Kier molecular flexibility index (Phi) is 5.60. The van der Waals surface area contributed by atoms with Crippen molar-refractivity contribution in [2.75, 3.05) is 14.2 Å². The van der Waals surface area contributed by atoms with E-state index in [4.69, 9.17) is 9.47 Å². The maximum Gasteiger partial charge on any atom is 0.338 e. The van der Waals surface area contributed by atoms with Crippen LogP contribution in [0.5, 0.6) is 0 Å². The van der Waals surface area contributed by atoms with Gasteiger partial charge in [0.05, 0.1) is 25.3 Å². The van der Waals surface area contributed by atoms with Crippen molar-refractivity contribution in [1.29, 1.82) is 0 Å². The number of carbonyl (C=O) groups is 2. The first-order chi connectivity index (χ1) is 22.6. The molecular weight excluding hydrogens is 568 g/mol. The standard InChI is InChI=1S/C42H26O4/c1-45-41(43)35-21-33(29-17-13-27-11-9-23-5-3-7-25-15-19-31(29)39(27)37(23)25)34(22-36(35)42(44)46-2)30-18-14-28-12-10-24-6-4-8-26-16-20-32(30)40(28)38(24)26/h3-22H,1-2H3. The summed E-state index contributed by atoms with van der Waals surface area (Å²) < 4.78 is 10.4. The molecule has 0 aromatic heterocycles. The van der Waals surface area contributed by atoms with Gasteiger partial charge in [-0.3, -0.25) is 0 Å². The van der Waals surface area contributed by atoms with Crippen molar-refractivity contribution in [3.8, 4) is 22.3 Å². The summed E-state index contributed by atoms with van der Waals surface area (Å²) in [6.07, 6.45) is 0. The number of ether oxygens (including phenoxy) is 2. The van der Waals surface area contributed by atoms with Gasteiger partial charge < -0.3 is 9.47 Å². The van der Waals surface area contributed by atoms with Crippen LogP contribution in [0.1, 0.15) is 20.7 Å². The summed E-state index contributed by atoms with van der Waals surface area (Å²) in [5.74, 6) is -1.19. The minimum Gasteiger partial charge on any atom is -0.465 e. The molecule has 0 radical (unpaired) electrons. The molecule has 0 aliphatic rings. The lowest BCUT2D eigenvalue weighted by molar-refractivity contribution is 0.0555. The van der Waals surface area contributed by atoms with Gasteiger partial charge in [0.25, 0.3) is 0 Å². The number of hydrogen-bond donors (Lipinski definition) is 0. The zero-order valence-electron chi connectivity index (χ0n) is 25.2. The van der Waals surface area contributed by atoms with E-state index in [0.717, 1.165) is 43.8 Å². The third kappa shape index (κ3) is 3.61. The van der Waals surface area contributed by atoms with E-state index in [0.29, 0.717) is 0 Å². The van der Waals surface area contributed by atoms with Crippen LogP contribution in [0, 0.1) is 0 Å². The summed E-state index contributed by atoms with van der Waals surface area (Å²) in [5, 5.41) is 13.9. The normalized spacial score (nSPS) is 11.9. The van der Waals surface area contributed by atoms with Crippen LogP contribution in [0.25, 0.3) is 86.9 Å². The lowest BCUT2D eigenvalue weighted by Crippen LogP contribution is -2.12. The predicted octanol–water partition coefficient (Wildman–Crippen LogP) is 10.4. The van der Waals surface area contributed by atoms with Crippen molar-refractivity contribution in [2.24, 2.45) is 0 Å². The van der Waals surface area contributed by atoms with Gasteiger partial charge in [-0.15, -0.1) is 0 Å². The highest BCUT2D eigenvalue weighted by Crippen LogP contribution is 2.46. The maximum atomic E-state index is 13.2. The Hall–Kier alpha value is -6.00. The van der Waals surface area contributed by atoms with Gasteiger partial charge in [-0.25, -0.2) is 9.59 Å². The van der Waals surface area contributed by atoms with E-state index in [2.05, 4.69) is 109 Å². The highest BCUT2D eigenvalue weighted by atomic mass is 16.5. The smallest absolute Gasteiger partial charge is 0.338 e. The highest BCUT2D eigenvalue weighted by Gasteiger charge is 2.25. The van der Waals surface area contributed by atoms with Crippen molar-refractivity contribution in [3.63, 3.8) is 0 Å². The molecule has 0 spiro atoms. The molecule has 9 aromatic carbocycles. The molecule has 4 nitrogen and oxygen atoms in total. The Labute approximate surface area is 264 Å². The summed E-state index contributed by atoms with van der Waals surface area (Å²) in [6.45, 7) is 0. The summed E-state index contributed by atoms with van der Waals surface area (Å²) in [7, 11) is 2.65. The van der Waals surface area contributed by atoms with Crippen LogP contribution in [0.3, 0.4) is 0 Å². The monoisotopic (exact) mass is 594 g/mol. The van der Waals surface area contributed by atoms with E-state index in [1.807, 2.05) is 0 Å². The first-order valence-corrected chi connectivity index (χ1v) is 15.2. The lowest BCUT2D eigenvalue weighted by atomic mass is 9.83. The van der Waals surface area contributed by atoms with Crippen LogP contribution in [0.4, 0.5) is 0 Å². The quantitative estimate of drug-likeness (QED) is 0.150. The van der Waals surface area contributed by atoms with E-state index >= 15 is 0 Å². The van der Waals surface area contributed by atoms with Crippen LogP contribution in [0.15, 0.2) is 121 Å². The summed E-state index contributed by atoms with van der Waals surface area (Å²) >= 11 is 0. The number of benzene rings is 9. The topological polar surface area (TPSA) is 52.6 Å². The van der Waals surface area contributed by atoms with Crippen molar-refractivity contribution < 1.29 is 19.1 Å². The Morgan fingerprint density at radius 3 is 1.09 bits per heavy atom. The molecule has 0 saturated carbocycles. The number of esters is 2. The molecule has 0 fully saturated rings. The average Bonchev–Trinajstić information content (AvgIpc) is 3.11. The SMILES string of the molecule is COC(=O)c1cc(-c2ccc3ccc4cccc5ccc2c3c45)c(-c2ccc3ccc4cccc5ccc2c3c45)cc1C(=O)OC. The molecule has 0 atom stereocenters. The Morgan fingerprint density at radius 2 is 0.717 bits per heavy atom. The third-order valence-electron chi connectivity index (χ3n) is 9.61. The first-order valence-electron chi connectivity index (χ1n) is 15.2. The third-order valence-corrected chi connectivity index (χ3v) is 9.61. The fourth-order valence-corrected chi connectivity index (χ4v) is 7.54. The van der Waals surface area contributed by atoms with Crippen LogP contribution in [-0.4, -0.2) is 26.2 Å². The second kappa shape index (κ2) is 9.75. The molecule has 0 N–H and O–H groups in total. The van der Waals surface area contributed by atoms with Crippen LogP contribution < -0.4 is 0 Å². The van der Waals surface area contributed by atoms with Gasteiger partial charge in [-0.05, 0) is 99.0 Å². The molecule has 0 heterocycles. The van der Waals surface area contributed by atoms with Crippen molar-refractivity contribution in [2.45, 2.75) is 0 Å². The van der Waals surface area contributed by atoms with Gasteiger partial charge in [-0.2, -0.15) is 0 Å². The average molecular weight is 595 g/mol. The van der Waals surface area contributed by atoms with E-state index in [-0.39, 0.29) is 11.1 Å². The van der Waals surface area contributed by atoms with Gasteiger partial charge >= 0.3 is 11.9 Å². The zero-order valence-corrected chi connectivity index (χ0v) is 25.2. The fraction of sp³-hybridized carbons (Fsp3) is 0.0476. The van der Waals surface area contributed by atoms with Crippen LogP contribution in [0.2, 0.25) is 0 Å². The van der Waals surface area contributed by atoms with Crippen molar-refractivity contribution in [1.82, 2.24) is 0 Å². The number of carbonyl (C=O) groups excluding carboxylic acids is 2. The number of hydrogen-bond acceptors (Lipinski definition) is 4. The molecule has 4 heteroatoms. The van der Waals surface area contributed by atoms with Gasteiger partial charge in [-0.1, -0.05) is 109 Å². The minimum absolute atomic E-state index is 0.163. The van der Waals surface area contributed by atoms with Crippen molar-refractivity contribution >= 4 is 76.6 Å². The van der Waals surface area contributed by atoms with E-state index in [9.17, 15) is 9.59 Å². The number of rotatable bonds is 4. The Morgan fingerprint density at radius 1 is 0.391 bits per heavy atom. The van der Waals surface area contributed by atoms with Crippen LogP contribution in [-0.2, 0) is 9.47 Å². The summed E-state index contributed by atoms with van der Waals surface area (Å²) in [4.78, 5) is 26.5. The lowest BCUT2D eigenvalue weighted by Gasteiger charge is -2.20. The minimum atomic E-state index is -0.596. The van der Waals surface area contributed by atoms with E-state index in [1.165, 1.54) is 57.3 Å². The van der Waals surface area contributed by atoms with E-state index in [1.54, 1.807) is 12.1 Å². The van der Waals surface area contributed by atoms with Gasteiger partial charge in [0.1, 0.15) is 0 Å². The highest BCUT2D eigenvalue weighted by molar-refractivity contribution is 6.28. The molecule has 0 aliphatic heterocycles. The van der Waals surface area contributed by atoms with Gasteiger partial charge in [0.2, 0.25) is 0 Å². The zero-order chi connectivity index (χ0) is 31.1. The molecular formula is C42H26O4. The molecule has 9 rings (SSSR count). The largest absolute Gasteiger partial charge is 0.465 e. The number of methoxy groups -OCH3 is 2. The summed E-state index contributed by atoms with van der Waals surface area (Å²) in [6, 6.07) is 42.2. The fourth-order valence-electron chi connectivity index (χ4n) is 7.54. The van der Waals surface area contributed by atoms with Gasteiger partial charge in [0.15, 0.2) is 0 Å². The van der Waals surface area contributed by atoms with Gasteiger partial charge in [0, 0.05) is 0 Å². The first kappa shape index (κ1) is 26.4. The molecule has 0 unspecified atom stereocenters. The maximum absolute atomic E-state index is 13.2. The van der Waals surface area contributed by atoms with E-state index < -0.39 is 11.9 Å². The molecule has 218 valence electrons. The molecule has 9 aromatic rings. The Balaban J connectivity index is 1.44. The Bertz CT molecular complexity index is 2480. The molecule has 0 aliphatic carbocycles. The molecule has 0 bridgehead atoms. The predicted molar refractivity (Wildman–Crippen MR) is 187 cm³/mol. The second-order valence-electron chi connectivity index (χ2n) is 11.9. The molecule has 46 heavy (non-hydrogen) atoms. The second-order valence-corrected chi connectivity index (χ2v) is 11.9. The summed E-state index contributed by atoms with van der Waals surface area (Å²) in [5.41, 5.74) is 3.93.